The molecule has 0 amide bonds. The van der Waals surface area contributed by atoms with E-state index in [0.29, 0.717) is 0 Å². The van der Waals surface area contributed by atoms with Gasteiger partial charge in [0.25, 0.3) is 0 Å². The molecule has 0 aliphatic carbocycles. The number of benzene rings is 9. The third kappa shape index (κ3) is 4.23. The molecule has 13 aromatic rings. The van der Waals surface area contributed by atoms with Crippen LogP contribution in [0.25, 0.3) is 110 Å². The standard InChI is InChI=1S/C54H34N4/c1-3-15-35(16-4-1)55-47-23-11-9-21-41(47)45-33-37(27-31-51(45)55)56-48-24-12-10-22-42(48)46-34-38(28-32-52(46)56)58-50-26-14-8-20-40(50)44-30-29-43-39-19-7-13-25-49(39)57(53(43)54(44)58)36-17-5-2-6-18-36/h1-34H. The molecule has 0 spiro atoms. The summed E-state index contributed by atoms with van der Waals surface area (Å²) in [7, 11) is 0. The van der Waals surface area contributed by atoms with Crippen molar-refractivity contribution in [3.05, 3.63) is 206 Å². The Bertz CT molecular complexity index is 3780. The smallest absolute Gasteiger partial charge is 0.0788 e. The summed E-state index contributed by atoms with van der Waals surface area (Å²) in [5.41, 5.74) is 14.2. The molecule has 4 nitrogen and oxygen atoms in total. The average molecular weight is 739 g/mol. The monoisotopic (exact) mass is 738 g/mol. The predicted octanol–water partition coefficient (Wildman–Crippen LogP) is 14.1. The second-order valence-electron chi connectivity index (χ2n) is 15.3. The molecule has 270 valence electrons. The van der Waals surface area contributed by atoms with Crippen LogP contribution in [-0.4, -0.2) is 18.3 Å². The van der Waals surface area contributed by atoms with Crippen LogP contribution in [0.4, 0.5) is 0 Å². The minimum Gasteiger partial charge on any atom is -0.309 e. The topological polar surface area (TPSA) is 19.7 Å². The van der Waals surface area contributed by atoms with Crippen molar-refractivity contribution < 1.29 is 0 Å². The molecular formula is C54H34N4. The van der Waals surface area contributed by atoms with Crippen molar-refractivity contribution in [2.75, 3.05) is 0 Å². The zero-order chi connectivity index (χ0) is 37.9. The highest BCUT2D eigenvalue weighted by Crippen LogP contribution is 2.43. The van der Waals surface area contributed by atoms with Gasteiger partial charge >= 0.3 is 0 Å². The van der Waals surface area contributed by atoms with Gasteiger partial charge in [0, 0.05) is 65.8 Å². The Kier molecular flexibility index (Phi) is 6.41. The van der Waals surface area contributed by atoms with E-state index in [9.17, 15) is 0 Å². The molecule has 0 radical (unpaired) electrons. The highest BCUT2D eigenvalue weighted by atomic mass is 15.1. The maximum absolute atomic E-state index is 2.50. The summed E-state index contributed by atoms with van der Waals surface area (Å²) in [5.74, 6) is 0. The van der Waals surface area contributed by atoms with Gasteiger partial charge in [0.15, 0.2) is 0 Å². The molecule has 4 aromatic heterocycles. The first-order chi connectivity index (χ1) is 28.8. The van der Waals surface area contributed by atoms with Gasteiger partial charge in [-0.25, -0.2) is 0 Å². The van der Waals surface area contributed by atoms with E-state index in [4.69, 9.17) is 0 Å². The molecule has 13 rings (SSSR count). The van der Waals surface area contributed by atoms with Crippen LogP contribution in [0, 0.1) is 0 Å². The van der Waals surface area contributed by atoms with Crippen LogP contribution in [0.5, 0.6) is 0 Å². The largest absolute Gasteiger partial charge is 0.309 e. The second-order valence-corrected chi connectivity index (χ2v) is 15.3. The Balaban J connectivity index is 1.10. The van der Waals surface area contributed by atoms with Gasteiger partial charge in [-0.05, 0) is 84.9 Å². The summed E-state index contributed by atoms with van der Waals surface area (Å²) in [6.07, 6.45) is 0. The van der Waals surface area contributed by atoms with Crippen molar-refractivity contribution in [1.82, 2.24) is 18.3 Å². The molecule has 9 aromatic carbocycles. The number of nitrogens with zero attached hydrogens (tertiary/aromatic N) is 4. The lowest BCUT2D eigenvalue weighted by Gasteiger charge is -2.13. The molecule has 0 aliphatic heterocycles. The van der Waals surface area contributed by atoms with Crippen LogP contribution in [0.3, 0.4) is 0 Å². The molecule has 0 bridgehead atoms. The Morgan fingerprint density at radius 3 is 0.966 bits per heavy atom. The normalized spacial score (nSPS) is 12.1. The fourth-order valence-electron chi connectivity index (χ4n) is 9.95. The minimum absolute atomic E-state index is 1.14. The summed E-state index contributed by atoms with van der Waals surface area (Å²) in [6.45, 7) is 0. The third-order valence-corrected chi connectivity index (χ3v) is 12.3. The fourth-order valence-corrected chi connectivity index (χ4v) is 9.95. The lowest BCUT2D eigenvalue weighted by molar-refractivity contribution is 1.15. The molecule has 0 fully saturated rings. The van der Waals surface area contributed by atoms with E-state index < -0.39 is 0 Å². The molecule has 0 N–H and O–H groups in total. The molecule has 0 aliphatic rings. The van der Waals surface area contributed by atoms with Crippen molar-refractivity contribution in [2.45, 2.75) is 0 Å². The predicted molar refractivity (Wildman–Crippen MR) is 244 cm³/mol. The number of hydrogen-bond acceptors (Lipinski definition) is 0. The zero-order valence-electron chi connectivity index (χ0n) is 31.4. The third-order valence-electron chi connectivity index (χ3n) is 12.3. The van der Waals surface area contributed by atoms with E-state index in [1.165, 1.54) is 87.2 Å². The van der Waals surface area contributed by atoms with E-state index >= 15 is 0 Å². The van der Waals surface area contributed by atoms with Gasteiger partial charge in [0.2, 0.25) is 0 Å². The Hall–Kier alpha value is -7.82. The molecule has 0 unspecified atom stereocenters. The molecule has 0 atom stereocenters. The van der Waals surface area contributed by atoms with Gasteiger partial charge in [-0.15, -0.1) is 0 Å². The zero-order valence-corrected chi connectivity index (χ0v) is 31.4. The van der Waals surface area contributed by atoms with Crippen LogP contribution in [0.1, 0.15) is 0 Å². The van der Waals surface area contributed by atoms with Gasteiger partial charge in [-0.3, -0.25) is 0 Å². The Labute approximate surface area is 333 Å². The van der Waals surface area contributed by atoms with Gasteiger partial charge in [0.1, 0.15) is 0 Å². The summed E-state index contributed by atoms with van der Waals surface area (Å²) in [4.78, 5) is 0. The SMILES string of the molecule is c1ccc(-n2c3ccccc3c3cc(-n4c5ccccc5c5cc(-n6c7ccccc7c7ccc8c9ccccc9n(-c9ccccc9)c8c76)ccc54)ccc32)cc1. The summed E-state index contributed by atoms with van der Waals surface area (Å²) >= 11 is 0. The second kappa shape index (κ2) is 11.8. The molecule has 4 heteroatoms. The first kappa shape index (κ1) is 31.4. The lowest BCUT2D eigenvalue weighted by atomic mass is 10.1. The summed E-state index contributed by atoms with van der Waals surface area (Å²) < 4.78 is 9.78. The van der Waals surface area contributed by atoms with E-state index in [-0.39, 0.29) is 0 Å². The van der Waals surface area contributed by atoms with Crippen LogP contribution in [-0.2, 0) is 0 Å². The van der Waals surface area contributed by atoms with Gasteiger partial charge in [-0.2, -0.15) is 0 Å². The maximum atomic E-state index is 2.50. The highest BCUT2D eigenvalue weighted by molar-refractivity contribution is 6.24. The van der Waals surface area contributed by atoms with Gasteiger partial charge in [-0.1, -0.05) is 121 Å². The number of hydrogen-bond donors (Lipinski definition) is 0. The van der Waals surface area contributed by atoms with Crippen LogP contribution in [0.2, 0.25) is 0 Å². The molecule has 4 heterocycles. The quantitative estimate of drug-likeness (QED) is 0.171. The lowest BCUT2D eigenvalue weighted by Crippen LogP contribution is -1.99. The average Bonchev–Trinajstić information content (AvgIpc) is 4.01. The maximum Gasteiger partial charge on any atom is 0.0788 e. The van der Waals surface area contributed by atoms with E-state index in [2.05, 4.69) is 225 Å². The first-order valence-corrected chi connectivity index (χ1v) is 20.0. The molecule has 0 saturated heterocycles. The number of fused-ring (bicyclic) bond motifs is 13. The number of rotatable bonds is 4. The van der Waals surface area contributed by atoms with Crippen molar-refractivity contribution in [3.63, 3.8) is 0 Å². The Morgan fingerprint density at radius 2 is 0.500 bits per heavy atom. The first-order valence-electron chi connectivity index (χ1n) is 20.0. The molecule has 58 heavy (non-hydrogen) atoms. The van der Waals surface area contributed by atoms with Crippen LogP contribution < -0.4 is 0 Å². The number of aromatic nitrogens is 4. The van der Waals surface area contributed by atoms with Crippen molar-refractivity contribution in [3.8, 4) is 22.7 Å². The Morgan fingerprint density at radius 1 is 0.190 bits per heavy atom. The van der Waals surface area contributed by atoms with Gasteiger partial charge < -0.3 is 18.3 Å². The van der Waals surface area contributed by atoms with E-state index in [0.717, 1.165) is 22.7 Å². The van der Waals surface area contributed by atoms with E-state index in [1.54, 1.807) is 0 Å². The van der Waals surface area contributed by atoms with Crippen molar-refractivity contribution >= 4 is 87.2 Å². The molecular weight excluding hydrogens is 705 g/mol. The van der Waals surface area contributed by atoms with E-state index in [1.807, 2.05) is 0 Å². The fraction of sp³-hybridized carbons (Fsp3) is 0. The van der Waals surface area contributed by atoms with Gasteiger partial charge in [0.05, 0.1) is 44.1 Å². The summed E-state index contributed by atoms with van der Waals surface area (Å²) in [6, 6.07) is 75.4. The molecule has 0 saturated carbocycles. The van der Waals surface area contributed by atoms with Crippen LogP contribution in [0.15, 0.2) is 206 Å². The highest BCUT2D eigenvalue weighted by Gasteiger charge is 2.22. The number of para-hydroxylation sites is 6. The van der Waals surface area contributed by atoms with Crippen LogP contribution >= 0.6 is 0 Å². The van der Waals surface area contributed by atoms with Crippen molar-refractivity contribution in [1.29, 1.82) is 0 Å². The van der Waals surface area contributed by atoms with Crippen molar-refractivity contribution in [2.24, 2.45) is 0 Å². The minimum atomic E-state index is 1.14. The summed E-state index contributed by atoms with van der Waals surface area (Å²) in [5, 5.41) is 9.93.